The van der Waals surface area contributed by atoms with Gasteiger partial charge >= 0.3 is 12.2 Å². The van der Waals surface area contributed by atoms with Crippen LogP contribution in [0, 0.1) is 0 Å². The van der Waals surface area contributed by atoms with E-state index in [2.05, 4.69) is 15.5 Å². The number of piperidine rings is 1. The molecule has 0 spiro atoms. The second-order valence-corrected chi connectivity index (χ2v) is 12.7. The molecule has 0 radical (unpaired) electrons. The van der Waals surface area contributed by atoms with E-state index in [1.165, 1.54) is 12.3 Å². The summed E-state index contributed by atoms with van der Waals surface area (Å²) < 4.78 is 51.0. The third-order valence-electron chi connectivity index (χ3n) is 8.86. The fourth-order valence-corrected chi connectivity index (χ4v) is 7.12. The van der Waals surface area contributed by atoms with Gasteiger partial charge < -0.3 is 19.5 Å². The molecule has 45 heavy (non-hydrogen) atoms. The van der Waals surface area contributed by atoms with E-state index in [0.29, 0.717) is 63.5 Å². The van der Waals surface area contributed by atoms with Gasteiger partial charge in [0.25, 0.3) is 0 Å². The number of rotatable bonds is 7. The number of hydrogen-bond acceptors (Lipinski definition) is 5. The average Bonchev–Trinajstić information content (AvgIpc) is 3.72. The molecule has 2 aromatic carbocycles. The molecule has 1 N–H and O–H groups in total. The number of ether oxygens (including phenoxy) is 1. The molecule has 7 rings (SSSR count). The predicted octanol–water partition coefficient (Wildman–Crippen LogP) is 9.35. The predicted molar refractivity (Wildman–Crippen MR) is 164 cm³/mol. The number of anilines is 1. The number of carbonyl (C=O) groups excluding carboxylic acids is 1. The first-order valence-electron chi connectivity index (χ1n) is 14.9. The Bertz CT molecular complexity index is 1690. The second-order valence-electron chi connectivity index (χ2n) is 11.9. The highest BCUT2D eigenvalue weighted by Crippen LogP contribution is 2.46. The Hall–Kier alpha value is -3.60. The van der Waals surface area contributed by atoms with Crippen molar-refractivity contribution in [2.45, 2.75) is 75.4 Å². The Kier molecular flexibility index (Phi) is 8.00. The SMILES string of the molecule is O=C(Nc1cccc(-c2ccc(C(F)(F)F)nc2)c1)N1C2CCC1CC(OCc1c(-c3c(Cl)cccc3Cl)noc1C1CC1)C2. The van der Waals surface area contributed by atoms with E-state index in [9.17, 15) is 18.0 Å². The first-order chi connectivity index (χ1) is 21.7. The zero-order valence-corrected chi connectivity index (χ0v) is 25.5. The molecular formula is C33H29Cl2F3N4O3. The number of aromatic nitrogens is 2. The normalized spacial score (nSPS) is 21.3. The van der Waals surface area contributed by atoms with Crippen molar-refractivity contribution in [2.75, 3.05) is 5.32 Å². The van der Waals surface area contributed by atoms with Gasteiger partial charge in [-0.15, -0.1) is 0 Å². The number of carbonyl (C=O) groups is 1. The summed E-state index contributed by atoms with van der Waals surface area (Å²) in [5, 5.41) is 8.34. The highest BCUT2D eigenvalue weighted by molar-refractivity contribution is 6.39. The van der Waals surface area contributed by atoms with Gasteiger partial charge in [-0.05, 0) is 74.4 Å². The molecule has 4 aromatic rings. The molecule has 2 amide bonds. The van der Waals surface area contributed by atoms with Crippen molar-refractivity contribution in [3.8, 4) is 22.4 Å². The number of nitrogens with one attached hydrogen (secondary N) is 1. The van der Waals surface area contributed by atoms with Gasteiger partial charge in [0.15, 0.2) is 0 Å². The van der Waals surface area contributed by atoms with Crippen molar-refractivity contribution >= 4 is 34.9 Å². The molecule has 2 aliphatic heterocycles. The number of fused-ring (bicyclic) bond motifs is 2. The molecule has 1 saturated carbocycles. The minimum Gasteiger partial charge on any atom is -0.373 e. The standard InChI is InChI=1S/C33H29Cl2F3N4O3/c34-26-5-2-6-27(35)29(26)30-25(31(45-41-30)18-7-8-18)17-44-24-14-22-10-11-23(15-24)42(22)32(43)40-21-4-1-3-19(13-21)20-9-12-28(39-16-20)33(36,37)38/h1-6,9,12-13,16,18,22-24H,7-8,10-11,14-15,17H2,(H,40,43). The van der Waals surface area contributed by atoms with E-state index in [1.54, 1.807) is 42.5 Å². The van der Waals surface area contributed by atoms with Crippen LogP contribution in [0.5, 0.6) is 0 Å². The number of amides is 2. The lowest BCUT2D eigenvalue weighted by Crippen LogP contribution is -2.50. The van der Waals surface area contributed by atoms with Gasteiger partial charge in [0.1, 0.15) is 17.1 Å². The zero-order valence-electron chi connectivity index (χ0n) is 24.0. The van der Waals surface area contributed by atoms with Gasteiger partial charge in [0.2, 0.25) is 0 Å². The molecular weight excluding hydrogens is 628 g/mol. The highest BCUT2D eigenvalue weighted by Gasteiger charge is 2.44. The van der Waals surface area contributed by atoms with Gasteiger partial charge in [-0.3, -0.25) is 4.98 Å². The average molecular weight is 658 g/mol. The van der Waals surface area contributed by atoms with Crippen LogP contribution in [-0.2, 0) is 17.5 Å². The lowest BCUT2D eigenvalue weighted by Gasteiger charge is -2.38. The molecule has 3 fully saturated rings. The van der Waals surface area contributed by atoms with E-state index < -0.39 is 11.9 Å². The maximum atomic E-state index is 13.5. The fraction of sp³-hybridized carbons (Fsp3) is 0.364. The Balaban J connectivity index is 1.01. The van der Waals surface area contributed by atoms with Crippen LogP contribution in [0.4, 0.5) is 23.7 Å². The molecule has 1 aliphatic carbocycles. The topological polar surface area (TPSA) is 80.5 Å². The molecule has 2 bridgehead atoms. The van der Waals surface area contributed by atoms with Crippen LogP contribution < -0.4 is 5.32 Å². The lowest BCUT2D eigenvalue weighted by atomic mass is 9.99. The van der Waals surface area contributed by atoms with Gasteiger partial charge in [-0.25, -0.2) is 4.79 Å². The van der Waals surface area contributed by atoms with Crippen molar-refractivity contribution < 1.29 is 27.2 Å². The number of urea groups is 1. The summed E-state index contributed by atoms with van der Waals surface area (Å²) in [5.74, 6) is 1.15. The summed E-state index contributed by atoms with van der Waals surface area (Å²) in [6, 6.07) is 14.5. The summed E-state index contributed by atoms with van der Waals surface area (Å²) >= 11 is 13.0. The number of nitrogens with zero attached hydrogens (tertiary/aromatic N) is 3. The Morgan fingerprint density at radius 2 is 1.69 bits per heavy atom. The molecule has 234 valence electrons. The van der Waals surface area contributed by atoms with Crippen LogP contribution >= 0.6 is 23.2 Å². The van der Waals surface area contributed by atoms with Crippen molar-refractivity contribution in [1.29, 1.82) is 0 Å². The third kappa shape index (κ3) is 6.15. The summed E-state index contributed by atoms with van der Waals surface area (Å²) in [5.41, 5.74) is 2.91. The zero-order chi connectivity index (χ0) is 31.3. The maximum absolute atomic E-state index is 13.5. The number of benzene rings is 2. The minimum absolute atomic E-state index is 0.0268. The van der Waals surface area contributed by atoms with E-state index in [0.717, 1.165) is 43.1 Å². The van der Waals surface area contributed by atoms with Crippen LogP contribution in [0.25, 0.3) is 22.4 Å². The second kappa shape index (κ2) is 12.0. The Labute approximate surface area is 267 Å². The maximum Gasteiger partial charge on any atom is 0.433 e. The van der Waals surface area contributed by atoms with Crippen molar-refractivity contribution in [3.63, 3.8) is 0 Å². The van der Waals surface area contributed by atoms with Crippen molar-refractivity contribution in [1.82, 2.24) is 15.0 Å². The molecule has 4 heterocycles. The first-order valence-corrected chi connectivity index (χ1v) is 15.7. The number of alkyl halides is 3. The van der Waals surface area contributed by atoms with Crippen LogP contribution in [0.2, 0.25) is 10.0 Å². The molecule has 2 unspecified atom stereocenters. The van der Waals surface area contributed by atoms with Crippen LogP contribution in [0.15, 0.2) is 65.3 Å². The van der Waals surface area contributed by atoms with Crippen molar-refractivity contribution in [3.05, 3.63) is 87.9 Å². The molecule has 7 nitrogen and oxygen atoms in total. The Morgan fingerprint density at radius 3 is 2.33 bits per heavy atom. The summed E-state index contributed by atoms with van der Waals surface area (Å²) in [6.07, 6.45) is 1.90. The molecule has 2 atom stereocenters. The van der Waals surface area contributed by atoms with Gasteiger partial charge in [0, 0.05) is 46.6 Å². The number of hydrogen-bond donors (Lipinski definition) is 1. The number of pyridine rings is 1. The van der Waals surface area contributed by atoms with Gasteiger partial charge in [-0.2, -0.15) is 13.2 Å². The largest absolute Gasteiger partial charge is 0.433 e. The van der Waals surface area contributed by atoms with Crippen molar-refractivity contribution in [2.24, 2.45) is 0 Å². The highest BCUT2D eigenvalue weighted by atomic mass is 35.5. The molecule has 2 saturated heterocycles. The van der Waals surface area contributed by atoms with E-state index in [1.807, 2.05) is 4.90 Å². The quantitative estimate of drug-likeness (QED) is 0.214. The Morgan fingerprint density at radius 1 is 0.978 bits per heavy atom. The van der Waals surface area contributed by atoms with Gasteiger partial charge in [-0.1, -0.05) is 52.6 Å². The van der Waals surface area contributed by atoms with Crippen LogP contribution in [0.1, 0.15) is 61.5 Å². The molecule has 12 heteroatoms. The minimum atomic E-state index is -4.50. The summed E-state index contributed by atoms with van der Waals surface area (Å²) in [6.45, 7) is 0.314. The third-order valence-corrected chi connectivity index (χ3v) is 9.49. The lowest BCUT2D eigenvalue weighted by molar-refractivity contribution is -0.141. The smallest absolute Gasteiger partial charge is 0.373 e. The fourth-order valence-electron chi connectivity index (χ4n) is 6.54. The first kappa shape index (κ1) is 30.1. The summed E-state index contributed by atoms with van der Waals surface area (Å²) in [7, 11) is 0. The monoisotopic (exact) mass is 656 g/mol. The number of halogens is 5. The van der Waals surface area contributed by atoms with E-state index in [-0.39, 0.29) is 24.2 Å². The van der Waals surface area contributed by atoms with E-state index in [4.69, 9.17) is 32.5 Å². The molecule has 3 aliphatic rings. The van der Waals surface area contributed by atoms with Crippen LogP contribution in [-0.4, -0.2) is 39.3 Å². The summed E-state index contributed by atoms with van der Waals surface area (Å²) in [4.78, 5) is 18.9. The van der Waals surface area contributed by atoms with Gasteiger partial charge in [0.05, 0.1) is 22.8 Å². The van der Waals surface area contributed by atoms with Crippen LogP contribution in [0.3, 0.4) is 0 Å². The molecule has 2 aromatic heterocycles. The van der Waals surface area contributed by atoms with E-state index >= 15 is 0 Å².